The summed E-state index contributed by atoms with van der Waals surface area (Å²) in [6.45, 7) is 0. The van der Waals surface area contributed by atoms with Gasteiger partial charge in [-0.3, -0.25) is 0 Å². The van der Waals surface area contributed by atoms with Crippen LogP contribution in [-0.2, 0) is 7.05 Å². The molecule has 5 rings (SSSR count). The van der Waals surface area contributed by atoms with Crippen LogP contribution in [0.25, 0.3) is 39.5 Å². The van der Waals surface area contributed by atoms with Gasteiger partial charge in [0.05, 0.1) is 29.3 Å². The molecule has 0 N–H and O–H groups in total. The van der Waals surface area contributed by atoms with Gasteiger partial charge in [-0.15, -0.1) is 0 Å². The van der Waals surface area contributed by atoms with Crippen molar-refractivity contribution in [2.24, 2.45) is 7.05 Å². The Kier molecular flexibility index (Phi) is 3.36. The third kappa shape index (κ3) is 2.67. The van der Waals surface area contributed by atoms with Crippen molar-refractivity contribution in [3.8, 4) is 28.4 Å². The van der Waals surface area contributed by atoms with Crippen molar-refractivity contribution in [1.29, 1.82) is 0 Å². The van der Waals surface area contributed by atoms with E-state index in [-0.39, 0.29) is 5.82 Å². The fraction of sp³-hybridized carbons (Fsp3) is 0.0526. The number of fused-ring (bicyclic) bond motifs is 1. The zero-order valence-electron chi connectivity index (χ0n) is 14.2. The molecule has 5 aromatic rings. The summed E-state index contributed by atoms with van der Waals surface area (Å²) in [5, 5.41) is 5.13. The van der Waals surface area contributed by atoms with Gasteiger partial charge < -0.3 is 8.98 Å². The average molecular weight is 360 g/mol. The van der Waals surface area contributed by atoms with Gasteiger partial charge in [0.2, 0.25) is 5.71 Å². The van der Waals surface area contributed by atoms with Crippen LogP contribution in [0.4, 0.5) is 4.39 Å². The van der Waals surface area contributed by atoms with Gasteiger partial charge in [-0.2, -0.15) is 5.10 Å². The Morgan fingerprint density at radius 3 is 2.67 bits per heavy atom. The molecule has 0 aliphatic rings. The molecule has 0 saturated heterocycles. The van der Waals surface area contributed by atoms with E-state index in [1.165, 1.54) is 18.5 Å². The first kappa shape index (κ1) is 15.4. The van der Waals surface area contributed by atoms with Crippen LogP contribution in [0.1, 0.15) is 0 Å². The Bertz CT molecular complexity index is 1250. The summed E-state index contributed by atoms with van der Waals surface area (Å²) in [6.07, 6.45) is 8.58. The van der Waals surface area contributed by atoms with Crippen LogP contribution in [0.2, 0.25) is 0 Å². The summed E-state index contributed by atoms with van der Waals surface area (Å²) in [5.74, 6) is 0.336. The Morgan fingerprint density at radius 1 is 1.04 bits per heavy atom. The molecule has 0 fully saturated rings. The molecule has 4 heterocycles. The molecular weight excluding hydrogens is 347 g/mol. The average Bonchev–Trinajstić information content (AvgIpc) is 3.40. The predicted octanol–water partition coefficient (Wildman–Crippen LogP) is 3.62. The zero-order chi connectivity index (χ0) is 18.4. The van der Waals surface area contributed by atoms with E-state index in [9.17, 15) is 4.39 Å². The van der Waals surface area contributed by atoms with Crippen molar-refractivity contribution in [3.05, 3.63) is 67.4 Å². The summed E-state index contributed by atoms with van der Waals surface area (Å²) >= 11 is 0. The minimum Gasteiger partial charge on any atom is -0.436 e. The first-order valence-corrected chi connectivity index (χ1v) is 8.21. The van der Waals surface area contributed by atoms with E-state index in [4.69, 9.17) is 4.42 Å². The lowest BCUT2D eigenvalue weighted by molar-refractivity contribution is 0.615. The number of aryl methyl sites for hydroxylation is 1. The molecule has 0 saturated carbocycles. The van der Waals surface area contributed by atoms with E-state index in [0.717, 1.165) is 22.3 Å². The minimum absolute atomic E-state index is 0.288. The van der Waals surface area contributed by atoms with Gasteiger partial charge in [-0.05, 0) is 30.3 Å². The first-order chi connectivity index (χ1) is 13.2. The second-order valence-corrected chi connectivity index (χ2v) is 6.13. The standard InChI is InChI=1S/C19H13FN6O/c1-25-9-16(23-11-25)17-6-15-18(21-10-22-19(15)27-17)12-7-24-26(8-12)14-4-2-13(20)3-5-14/h2-11H,1H3. The summed E-state index contributed by atoms with van der Waals surface area (Å²) in [6, 6.07) is 8.00. The highest BCUT2D eigenvalue weighted by atomic mass is 19.1. The van der Waals surface area contributed by atoms with E-state index >= 15 is 0 Å². The number of aromatic nitrogens is 6. The van der Waals surface area contributed by atoms with Gasteiger partial charge in [-0.25, -0.2) is 24.0 Å². The van der Waals surface area contributed by atoms with Crippen molar-refractivity contribution < 1.29 is 8.81 Å². The number of furan rings is 1. The zero-order valence-corrected chi connectivity index (χ0v) is 14.2. The highest BCUT2D eigenvalue weighted by Gasteiger charge is 2.16. The SMILES string of the molecule is Cn1cnc(-c2cc3c(-c4cnn(-c5ccc(F)cc5)c4)ncnc3o2)c1. The highest BCUT2D eigenvalue weighted by molar-refractivity contribution is 5.91. The third-order valence-corrected chi connectivity index (χ3v) is 4.23. The topological polar surface area (TPSA) is 74.6 Å². The molecule has 132 valence electrons. The van der Waals surface area contributed by atoms with E-state index in [1.807, 2.05) is 30.1 Å². The molecule has 0 aliphatic heterocycles. The molecule has 0 atom stereocenters. The summed E-state index contributed by atoms with van der Waals surface area (Å²) in [4.78, 5) is 12.9. The van der Waals surface area contributed by atoms with E-state index in [0.29, 0.717) is 17.2 Å². The van der Waals surface area contributed by atoms with Gasteiger partial charge in [-0.1, -0.05) is 0 Å². The molecular formula is C19H13FN6O. The monoisotopic (exact) mass is 360 g/mol. The van der Waals surface area contributed by atoms with Gasteiger partial charge >= 0.3 is 0 Å². The Labute approximate surface area is 152 Å². The van der Waals surface area contributed by atoms with Crippen LogP contribution in [-0.4, -0.2) is 29.3 Å². The maximum atomic E-state index is 13.1. The first-order valence-electron chi connectivity index (χ1n) is 8.21. The van der Waals surface area contributed by atoms with Crippen LogP contribution in [0.15, 0.2) is 66.0 Å². The molecule has 0 radical (unpaired) electrons. The summed E-state index contributed by atoms with van der Waals surface area (Å²) in [5.41, 5.74) is 3.48. The summed E-state index contributed by atoms with van der Waals surface area (Å²) in [7, 11) is 1.90. The molecule has 27 heavy (non-hydrogen) atoms. The maximum Gasteiger partial charge on any atom is 0.230 e. The molecule has 4 aromatic heterocycles. The molecule has 0 spiro atoms. The second kappa shape index (κ2) is 5.87. The molecule has 0 amide bonds. The number of hydrogen-bond acceptors (Lipinski definition) is 5. The van der Waals surface area contributed by atoms with Crippen LogP contribution in [0.5, 0.6) is 0 Å². The molecule has 0 unspecified atom stereocenters. The van der Waals surface area contributed by atoms with E-state index in [1.54, 1.807) is 29.3 Å². The van der Waals surface area contributed by atoms with Gasteiger partial charge in [0.1, 0.15) is 17.8 Å². The minimum atomic E-state index is -0.288. The Hall–Kier alpha value is -3.81. The molecule has 7 nitrogen and oxygen atoms in total. The molecule has 0 aliphatic carbocycles. The third-order valence-electron chi connectivity index (χ3n) is 4.23. The predicted molar refractivity (Wildman–Crippen MR) is 96.5 cm³/mol. The number of nitrogens with zero attached hydrogens (tertiary/aromatic N) is 6. The fourth-order valence-corrected chi connectivity index (χ4v) is 2.93. The van der Waals surface area contributed by atoms with Crippen molar-refractivity contribution in [2.45, 2.75) is 0 Å². The number of halogens is 1. The van der Waals surface area contributed by atoms with Crippen LogP contribution < -0.4 is 0 Å². The lowest BCUT2D eigenvalue weighted by Crippen LogP contribution is -1.93. The largest absolute Gasteiger partial charge is 0.436 e. The van der Waals surface area contributed by atoms with Gasteiger partial charge in [0.25, 0.3) is 0 Å². The van der Waals surface area contributed by atoms with Crippen LogP contribution >= 0.6 is 0 Å². The Balaban J connectivity index is 1.59. The Morgan fingerprint density at radius 2 is 1.89 bits per heavy atom. The number of rotatable bonds is 3. The fourth-order valence-electron chi connectivity index (χ4n) is 2.93. The van der Waals surface area contributed by atoms with Crippen molar-refractivity contribution in [1.82, 2.24) is 29.3 Å². The number of benzene rings is 1. The normalized spacial score (nSPS) is 11.3. The van der Waals surface area contributed by atoms with E-state index in [2.05, 4.69) is 20.1 Å². The number of hydrogen-bond donors (Lipinski definition) is 0. The van der Waals surface area contributed by atoms with Gasteiger partial charge in [0, 0.05) is 25.0 Å². The van der Waals surface area contributed by atoms with Crippen LogP contribution in [0, 0.1) is 5.82 Å². The smallest absolute Gasteiger partial charge is 0.230 e. The summed E-state index contributed by atoms with van der Waals surface area (Å²) < 4.78 is 22.5. The van der Waals surface area contributed by atoms with E-state index < -0.39 is 0 Å². The second-order valence-electron chi connectivity index (χ2n) is 6.13. The van der Waals surface area contributed by atoms with Crippen LogP contribution in [0.3, 0.4) is 0 Å². The molecule has 1 aromatic carbocycles. The van der Waals surface area contributed by atoms with Crippen molar-refractivity contribution in [2.75, 3.05) is 0 Å². The van der Waals surface area contributed by atoms with Crippen molar-refractivity contribution >= 4 is 11.1 Å². The van der Waals surface area contributed by atoms with Crippen molar-refractivity contribution in [3.63, 3.8) is 0 Å². The molecule has 8 heteroatoms. The number of imidazole rings is 1. The van der Waals surface area contributed by atoms with Gasteiger partial charge in [0.15, 0.2) is 5.76 Å². The lowest BCUT2D eigenvalue weighted by Gasteiger charge is -2.00. The lowest BCUT2D eigenvalue weighted by atomic mass is 10.2. The molecule has 0 bridgehead atoms. The maximum absolute atomic E-state index is 13.1. The quantitative estimate of drug-likeness (QED) is 0.491. The highest BCUT2D eigenvalue weighted by Crippen LogP contribution is 2.31.